The third-order valence-electron chi connectivity index (χ3n) is 4.42. The third kappa shape index (κ3) is 8.78. The molecule has 0 bridgehead atoms. The molecule has 0 saturated carbocycles. The summed E-state index contributed by atoms with van der Waals surface area (Å²) in [5.41, 5.74) is 1.31. The molecule has 27 heavy (non-hydrogen) atoms. The van der Waals surface area contributed by atoms with Crippen LogP contribution in [0.2, 0.25) is 0 Å². The van der Waals surface area contributed by atoms with Gasteiger partial charge >= 0.3 is 0 Å². The number of nitrogens with zero attached hydrogens (tertiary/aromatic N) is 2. The van der Waals surface area contributed by atoms with Gasteiger partial charge in [0.15, 0.2) is 5.96 Å². The van der Waals surface area contributed by atoms with E-state index in [9.17, 15) is 4.79 Å². The maximum atomic E-state index is 12.4. The lowest BCUT2D eigenvalue weighted by atomic mass is 10.1. The molecule has 0 fully saturated rings. The molecule has 1 aliphatic heterocycles. The molecule has 2 heterocycles. The van der Waals surface area contributed by atoms with E-state index in [1.807, 2.05) is 4.90 Å². The molecule has 0 saturated heterocycles. The van der Waals surface area contributed by atoms with E-state index in [1.54, 1.807) is 18.4 Å². The van der Waals surface area contributed by atoms with E-state index < -0.39 is 0 Å². The number of halogens is 1. The Morgan fingerprint density at radius 2 is 2.07 bits per heavy atom. The van der Waals surface area contributed by atoms with E-state index in [-0.39, 0.29) is 29.9 Å². The molecule has 2 rings (SSSR count). The minimum absolute atomic E-state index is 0. The van der Waals surface area contributed by atoms with E-state index in [4.69, 9.17) is 4.74 Å². The molecule has 6 nitrogen and oxygen atoms in total. The highest BCUT2D eigenvalue weighted by atomic mass is 127. The molecule has 0 aliphatic carbocycles. The Bertz CT molecular complexity index is 580. The molecule has 1 aromatic rings. The summed E-state index contributed by atoms with van der Waals surface area (Å²) in [6, 6.07) is 2.13. The summed E-state index contributed by atoms with van der Waals surface area (Å²) in [7, 11) is 1.75. The van der Waals surface area contributed by atoms with Crippen LogP contribution in [-0.2, 0) is 22.5 Å². The van der Waals surface area contributed by atoms with Gasteiger partial charge in [-0.25, -0.2) is 0 Å². The number of rotatable bonds is 10. The molecule has 1 aliphatic rings. The van der Waals surface area contributed by atoms with Crippen LogP contribution in [-0.4, -0.2) is 56.7 Å². The van der Waals surface area contributed by atoms with Gasteiger partial charge in [-0.2, -0.15) is 0 Å². The maximum absolute atomic E-state index is 12.4. The first-order chi connectivity index (χ1) is 12.7. The molecule has 0 aromatic carbocycles. The van der Waals surface area contributed by atoms with Crippen LogP contribution in [0.3, 0.4) is 0 Å². The predicted molar refractivity (Wildman–Crippen MR) is 123 cm³/mol. The van der Waals surface area contributed by atoms with Gasteiger partial charge in [-0.1, -0.05) is 13.3 Å². The van der Waals surface area contributed by atoms with Gasteiger partial charge in [-0.15, -0.1) is 35.3 Å². The molecule has 1 amide bonds. The first kappa shape index (κ1) is 24.2. The molecule has 0 atom stereocenters. The summed E-state index contributed by atoms with van der Waals surface area (Å²) < 4.78 is 5.54. The average molecular weight is 508 g/mol. The zero-order valence-electron chi connectivity index (χ0n) is 16.5. The van der Waals surface area contributed by atoms with Gasteiger partial charge in [0.1, 0.15) is 0 Å². The summed E-state index contributed by atoms with van der Waals surface area (Å²) in [5.74, 6) is 0.944. The van der Waals surface area contributed by atoms with Crippen LogP contribution in [0.4, 0.5) is 0 Å². The highest BCUT2D eigenvalue weighted by molar-refractivity contribution is 14.0. The van der Waals surface area contributed by atoms with E-state index in [1.165, 1.54) is 16.9 Å². The van der Waals surface area contributed by atoms with Crippen molar-refractivity contribution in [2.75, 3.05) is 39.9 Å². The summed E-state index contributed by atoms with van der Waals surface area (Å²) in [6.45, 7) is 6.76. The van der Waals surface area contributed by atoms with Crippen molar-refractivity contribution in [1.29, 1.82) is 0 Å². The Morgan fingerprint density at radius 3 is 2.85 bits per heavy atom. The number of hydrogen-bond acceptors (Lipinski definition) is 4. The van der Waals surface area contributed by atoms with Gasteiger partial charge in [0, 0.05) is 57.7 Å². The number of thiophene rings is 1. The number of hydrogen-bond donors (Lipinski definition) is 2. The molecular weight excluding hydrogens is 475 g/mol. The van der Waals surface area contributed by atoms with Crippen LogP contribution in [0.5, 0.6) is 0 Å². The number of carbonyl (C=O) groups is 1. The van der Waals surface area contributed by atoms with Crippen LogP contribution in [0.25, 0.3) is 0 Å². The van der Waals surface area contributed by atoms with E-state index in [2.05, 4.69) is 34.0 Å². The van der Waals surface area contributed by atoms with Gasteiger partial charge in [-0.05, 0) is 36.3 Å². The highest BCUT2D eigenvalue weighted by Gasteiger charge is 2.20. The van der Waals surface area contributed by atoms with Gasteiger partial charge < -0.3 is 20.3 Å². The average Bonchev–Trinajstić information content (AvgIpc) is 3.13. The monoisotopic (exact) mass is 508 g/mol. The largest absolute Gasteiger partial charge is 0.381 e. The number of nitrogens with one attached hydrogen (secondary N) is 2. The van der Waals surface area contributed by atoms with Crippen LogP contribution >= 0.6 is 35.3 Å². The normalized spacial score (nSPS) is 13.7. The molecule has 0 unspecified atom stereocenters. The molecular formula is C19H33IN4O2S. The summed E-state index contributed by atoms with van der Waals surface area (Å²) in [5, 5.41) is 8.59. The minimum Gasteiger partial charge on any atom is -0.381 e. The second kappa shape index (κ2) is 14.2. The number of aliphatic imine (C=N–C) groups is 1. The van der Waals surface area contributed by atoms with Crippen molar-refractivity contribution < 1.29 is 9.53 Å². The molecule has 0 spiro atoms. The topological polar surface area (TPSA) is 66.0 Å². The molecule has 8 heteroatoms. The van der Waals surface area contributed by atoms with Crippen molar-refractivity contribution in [3.63, 3.8) is 0 Å². The lowest BCUT2D eigenvalue weighted by Gasteiger charge is -2.27. The minimum atomic E-state index is 0. The van der Waals surface area contributed by atoms with Crippen LogP contribution in [0, 0.1) is 0 Å². The van der Waals surface area contributed by atoms with Crippen LogP contribution in [0.1, 0.15) is 43.0 Å². The smallest absolute Gasteiger partial charge is 0.224 e. The zero-order chi connectivity index (χ0) is 18.6. The Morgan fingerprint density at radius 1 is 1.30 bits per heavy atom. The van der Waals surface area contributed by atoms with E-state index >= 15 is 0 Å². The van der Waals surface area contributed by atoms with Crippen molar-refractivity contribution >= 4 is 47.2 Å². The first-order valence-corrected chi connectivity index (χ1v) is 10.5. The second-order valence-electron chi connectivity index (χ2n) is 6.43. The number of fused-ring (bicyclic) bond motifs is 1. The van der Waals surface area contributed by atoms with Crippen molar-refractivity contribution in [3.05, 3.63) is 21.9 Å². The zero-order valence-corrected chi connectivity index (χ0v) is 19.6. The molecule has 2 N–H and O–H groups in total. The fourth-order valence-corrected chi connectivity index (χ4v) is 3.75. The Hall–Kier alpha value is -0.870. The standard InChI is InChI=1S/C19H32N4O2S.HI/c1-3-4-12-25-13-5-9-21-19(20-2)22-10-6-18(24)23-11-7-17-16(15-23)8-14-26-17;/h8,14H,3-7,9-13,15H2,1-2H3,(H2,20,21,22);1H. The SMILES string of the molecule is CCCCOCCCNC(=NC)NCCC(=O)N1CCc2sccc2C1.I. The van der Waals surface area contributed by atoms with Gasteiger partial charge in [0.2, 0.25) is 5.91 Å². The van der Waals surface area contributed by atoms with Crippen molar-refractivity contribution in [3.8, 4) is 0 Å². The Kier molecular flexibility index (Phi) is 12.7. The maximum Gasteiger partial charge on any atom is 0.224 e. The molecule has 1 aromatic heterocycles. The number of guanidine groups is 1. The molecule has 154 valence electrons. The number of carbonyl (C=O) groups excluding carboxylic acids is 1. The predicted octanol–water partition coefficient (Wildman–Crippen LogP) is 3.01. The van der Waals surface area contributed by atoms with Gasteiger partial charge in [-0.3, -0.25) is 9.79 Å². The van der Waals surface area contributed by atoms with Gasteiger partial charge in [0.05, 0.1) is 0 Å². The summed E-state index contributed by atoms with van der Waals surface area (Å²) >= 11 is 1.80. The third-order valence-corrected chi connectivity index (χ3v) is 5.44. The fraction of sp³-hybridized carbons (Fsp3) is 0.684. The van der Waals surface area contributed by atoms with Crippen molar-refractivity contribution in [1.82, 2.24) is 15.5 Å². The van der Waals surface area contributed by atoms with E-state index in [0.717, 1.165) is 58.1 Å². The van der Waals surface area contributed by atoms with Crippen molar-refractivity contribution in [2.24, 2.45) is 4.99 Å². The lowest BCUT2D eigenvalue weighted by Crippen LogP contribution is -2.41. The van der Waals surface area contributed by atoms with Crippen LogP contribution < -0.4 is 10.6 Å². The Labute approximate surface area is 184 Å². The molecule has 0 radical (unpaired) electrons. The summed E-state index contributed by atoms with van der Waals surface area (Å²) in [6.07, 6.45) is 4.70. The highest BCUT2D eigenvalue weighted by Crippen LogP contribution is 2.24. The Balaban J connectivity index is 0.00000364. The fourth-order valence-electron chi connectivity index (χ4n) is 2.86. The van der Waals surface area contributed by atoms with Crippen molar-refractivity contribution in [2.45, 2.75) is 45.6 Å². The summed E-state index contributed by atoms with van der Waals surface area (Å²) in [4.78, 5) is 20.0. The number of ether oxygens (including phenoxy) is 1. The first-order valence-electron chi connectivity index (χ1n) is 9.60. The van der Waals surface area contributed by atoms with E-state index in [0.29, 0.717) is 13.0 Å². The second-order valence-corrected chi connectivity index (χ2v) is 7.43. The lowest BCUT2D eigenvalue weighted by molar-refractivity contribution is -0.131. The quantitative estimate of drug-likeness (QED) is 0.221. The van der Waals surface area contributed by atoms with Crippen LogP contribution in [0.15, 0.2) is 16.4 Å². The number of unbranched alkanes of at least 4 members (excludes halogenated alkanes) is 1. The number of amides is 1. The van der Waals surface area contributed by atoms with Gasteiger partial charge in [0.25, 0.3) is 0 Å².